The van der Waals surface area contributed by atoms with Gasteiger partial charge in [-0.1, -0.05) is 63.3 Å². The van der Waals surface area contributed by atoms with Gasteiger partial charge >= 0.3 is 0 Å². The fraction of sp³-hybridized carbons (Fsp3) is 0.833. The van der Waals surface area contributed by atoms with Crippen molar-refractivity contribution >= 4 is 11.1 Å². The second kappa shape index (κ2) is 7.18. The maximum atomic E-state index is 10.8. The van der Waals surface area contributed by atoms with Gasteiger partial charge in [-0.25, -0.2) is 0 Å². The molecule has 0 fully saturated rings. The van der Waals surface area contributed by atoms with E-state index in [9.17, 15) is 8.76 Å². The van der Waals surface area contributed by atoms with Crippen molar-refractivity contribution in [1.29, 1.82) is 0 Å². The highest BCUT2D eigenvalue weighted by atomic mass is 32.2. The van der Waals surface area contributed by atoms with Crippen molar-refractivity contribution in [1.82, 2.24) is 0 Å². The summed E-state index contributed by atoms with van der Waals surface area (Å²) >= 11 is -1.96. The molecule has 0 aliphatic heterocycles. The van der Waals surface area contributed by atoms with Crippen LogP contribution >= 0.6 is 0 Å². The lowest BCUT2D eigenvalue weighted by Crippen LogP contribution is -2.11. The third-order valence-corrected chi connectivity index (χ3v) is 3.08. The SMILES string of the molecule is CCCC(CS(=O)[O-])=C(C(C)C)C(C)C. The first-order chi connectivity index (χ1) is 6.90. The topological polar surface area (TPSA) is 40.1 Å². The molecule has 0 heterocycles. The molecule has 0 aliphatic carbocycles. The van der Waals surface area contributed by atoms with Gasteiger partial charge in [0.25, 0.3) is 0 Å². The van der Waals surface area contributed by atoms with Crippen molar-refractivity contribution in [2.45, 2.75) is 47.5 Å². The van der Waals surface area contributed by atoms with Gasteiger partial charge in [-0.3, -0.25) is 4.21 Å². The molecule has 1 atom stereocenters. The van der Waals surface area contributed by atoms with E-state index in [0.717, 1.165) is 18.4 Å². The van der Waals surface area contributed by atoms with Gasteiger partial charge in [-0.2, -0.15) is 0 Å². The molecule has 0 aromatic heterocycles. The minimum Gasteiger partial charge on any atom is -0.772 e. The molecule has 3 heteroatoms. The molecule has 0 saturated carbocycles. The largest absolute Gasteiger partial charge is 0.772 e. The van der Waals surface area contributed by atoms with Gasteiger partial charge < -0.3 is 4.55 Å². The van der Waals surface area contributed by atoms with Crippen LogP contribution in [-0.4, -0.2) is 14.5 Å². The Balaban J connectivity index is 5.05. The van der Waals surface area contributed by atoms with Crippen LogP contribution in [0.4, 0.5) is 0 Å². The van der Waals surface area contributed by atoms with Crippen LogP contribution in [0.2, 0.25) is 0 Å². The summed E-state index contributed by atoms with van der Waals surface area (Å²) in [7, 11) is 0. The minimum absolute atomic E-state index is 0.208. The molecule has 15 heavy (non-hydrogen) atoms. The molecule has 0 aromatic carbocycles. The third-order valence-electron chi connectivity index (χ3n) is 2.50. The highest BCUT2D eigenvalue weighted by Gasteiger charge is 2.13. The molecule has 0 amide bonds. The van der Waals surface area contributed by atoms with Crippen LogP contribution in [0, 0.1) is 11.8 Å². The van der Waals surface area contributed by atoms with Crippen molar-refractivity contribution in [3.8, 4) is 0 Å². The van der Waals surface area contributed by atoms with Gasteiger partial charge in [0.05, 0.1) is 0 Å². The Bertz CT molecular complexity index is 232. The quantitative estimate of drug-likeness (QED) is 0.520. The average molecular weight is 231 g/mol. The second-order valence-electron chi connectivity index (χ2n) is 4.57. The van der Waals surface area contributed by atoms with Gasteiger partial charge in [-0.05, 0) is 18.3 Å². The summed E-state index contributed by atoms with van der Waals surface area (Å²) in [5.74, 6) is 1.09. The van der Waals surface area contributed by atoms with E-state index in [1.807, 2.05) is 0 Å². The predicted octanol–water partition coefficient (Wildman–Crippen LogP) is 3.27. The first kappa shape index (κ1) is 14.8. The van der Waals surface area contributed by atoms with Crippen molar-refractivity contribution in [3.05, 3.63) is 11.1 Å². The van der Waals surface area contributed by atoms with Gasteiger partial charge in [0.15, 0.2) is 0 Å². The van der Waals surface area contributed by atoms with Crippen molar-refractivity contribution in [3.63, 3.8) is 0 Å². The summed E-state index contributed by atoms with van der Waals surface area (Å²) in [6.07, 6.45) is 1.91. The van der Waals surface area contributed by atoms with Gasteiger partial charge in [0, 0.05) is 5.75 Å². The van der Waals surface area contributed by atoms with Gasteiger partial charge in [0.1, 0.15) is 0 Å². The Morgan fingerprint density at radius 1 is 1.20 bits per heavy atom. The zero-order valence-corrected chi connectivity index (χ0v) is 11.3. The lowest BCUT2D eigenvalue weighted by Gasteiger charge is -2.22. The lowest BCUT2D eigenvalue weighted by atomic mass is 9.87. The van der Waals surface area contributed by atoms with E-state index in [-0.39, 0.29) is 5.75 Å². The standard InChI is InChI=1S/C12H24O2S/c1-6-7-11(8-15(13)14)12(9(2)3)10(4)5/h9-10H,6-8H2,1-5H3,(H,13,14)/p-1. The van der Waals surface area contributed by atoms with Gasteiger partial charge in [-0.15, -0.1) is 0 Å². The summed E-state index contributed by atoms with van der Waals surface area (Å²) in [6.45, 7) is 10.6. The van der Waals surface area contributed by atoms with Crippen molar-refractivity contribution in [2.75, 3.05) is 5.75 Å². The van der Waals surface area contributed by atoms with Crippen molar-refractivity contribution in [2.24, 2.45) is 11.8 Å². The van der Waals surface area contributed by atoms with Crippen LogP contribution < -0.4 is 0 Å². The zero-order chi connectivity index (χ0) is 12.0. The predicted molar refractivity (Wildman–Crippen MR) is 65.4 cm³/mol. The normalized spacial score (nSPS) is 13.3. The summed E-state index contributed by atoms with van der Waals surface area (Å²) < 4.78 is 21.6. The molecule has 90 valence electrons. The molecule has 0 spiro atoms. The van der Waals surface area contributed by atoms with E-state index < -0.39 is 11.1 Å². The second-order valence-corrected chi connectivity index (χ2v) is 5.46. The first-order valence-electron chi connectivity index (χ1n) is 5.67. The van der Waals surface area contributed by atoms with E-state index in [1.165, 1.54) is 5.57 Å². The van der Waals surface area contributed by atoms with Crippen LogP contribution in [-0.2, 0) is 11.1 Å². The van der Waals surface area contributed by atoms with E-state index in [4.69, 9.17) is 0 Å². The average Bonchev–Trinajstić information content (AvgIpc) is 2.01. The summed E-state index contributed by atoms with van der Waals surface area (Å²) in [5.41, 5.74) is 2.44. The molecule has 0 saturated heterocycles. The molecule has 0 rings (SSSR count). The summed E-state index contributed by atoms with van der Waals surface area (Å²) in [4.78, 5) is 0. The Labute approximate surface area is 96.4 Å². The Morgan fingerprint density at radius 2 is 1.67 bits per heavy atom. The smallest absolute Gasteiger partial charge is 0.0314 e. The molecule has 2 nitrogen and oxygen atoms in total. The monoisotopic (exact) mass is 231 g/mol. The fourth-order valence-corrected chi connectivity index (χ4v) is 2.82. The first-order valence-corrected chi connectivity index (χ1v) is 6.92. The molecular formula is C12H23O2S-. The van der Waals surface area contributed by atoms with Crippen LogP contribution in [0.15, 0.2) is 11.1 Å². The molecule has 0 aromatic rings. The fourth-order valence-electron chi connectivity index (χ4n) is 2.23. The summed E-state index contributed by atoms with van der Waals surface area (Å²) in [6, 6.07) is 0. The maximum Gasteiger partial charge on any atom is 0.0314 e. The van der Waals surface area contributed by atoms with E-state index in [1.54, 1.807) is 0 Å². The van der Waals surface area contributed by atoms with E-state index in [2.05, 4.69) is 34.6 Å². The molecule has 0 N–H and O–H groups in total. The number of allylic oxidation sites excluding steroid dienone is 1. The van der Waals surface area contributed by atoms with Crippen LogP contribution in [0.3, 0.4) is 0 Å². The summed E-state index contributed by atoms with van der Waals surface area (Å²) in [5, 5.41) is 0. The Hall–Kier alpha value is -0.150. The molecule has 0 bridgehead atoms. The third kappa shape index (κ3) is 5.47. The molecule has 0 radical (unpaired) electrons. The van der Waals surface area contributed by atoms with E-state index >= 15 is 0 Å². The Kier molecular flexibility index (Phi) is 7.11. The molecule has 1 unspecified atom stereocenters. The minimum atomic E-state index is -1.96. The van der Waals surface area contributed by atoms with Gasteiger partial charge in [0.2, 0.25) is 0 Å². The highest BCUT2D eigenvalue weighted by molar-refractivity contribution is 7.79. The lowest BCUT2D eigenvalue weighted by molar-refractivity contribution is 0.536. The Morgan fingerprint density at radius 3 is 1.93 bits per heavy atom. The van der Waals surface area contributed by atoms with Crippen LogP contribution in [0.1, 0.15) is 47.5 Å². The van der Waals surface area contributed by atoms with E-state index in [0.29, 0.717) is 11.8 Å². The van der Waals surface area contributed by atoms with Crippen LogP contribution in [0.25, 0.3) is 0 Å². The highest BCUT2D eigenvalue weighted by Crippen LogP contribution is 2.26. The van der Waals surface area contributed by atoms with Crippen LogP contribution in [0.5, 0.6) is 0 Å². The molecular weight excluding hydrogens is 208 g/mol. The van der Waals surface area contributed by atoms with Crippen molar-refractivity contribution < 1.29 is 8.76 Å². The number of hydrogen-bond donors (Lipinski definition) is 0. The maximum absolute atomic E-state index is 10.8. The molecule has 0 aliphatic rings. The number of hydrogen-bond acceptors (Lipinski definition) is 2. The number of rotatable bonds is 6. The zero-order valence-electron chi connectivity index (χ0n) is 10.5.